The second kappa shape index (κ2) is 11.0. The lowest BCUT2D eigenvalue weighted by Gasteiger charge is -2.11. The predicted octanol–water partition coefficient (Wildman–Crippen LogP) is 6.33. The van der Waals surface area contributed by atoms with E-state index in [1.165, 1.54) is 11.1 Å². The van der Waals surface area contributed by atoms with Crippen LogP contribution in [0.5, 0.6) is 0 Å². The van der Waals surface area contributed by atoms with Gasteiger partial charge in [0.1, 0.15) is 0 Å². The average Bonchev–Trinajstić information content (AvgIpc) is 2.55. The van der Waals surface area contributed by atoms with Crippen molar-refractivity contribution in [1.29, 1.82) is 0 Å². The Bertz CT molecular complexity index is 551. The van der Waals surface area contributed by atoms with Gasteiger partial charge in [0, 0.05) is 6.42 Å². The summed E-state index contributed by atoms with van der Waals surface area (Å²) < 4.78 is 0. The molecule has 2 aromatic carbocycles. The summed E-state index contributed by atoms with van der Waals surface area (Å²) in [5.41, 5.74) is 5.63. The summed E-state index contributed by atoms with van der Waals surface area (Å²) in [7, 11) is 0. The Labute approximate surface area is 140 Å². The standard InChI is InChI=1S/C16H15ClO.2C2H6/c1-11-8-14(13-6-4-3-5-7-13)9-12(2)15(11)10-16(17)18;2*1-2/h3-9H,10H2,1-2H3;2*1-2H3. The Morgan fingerprint density at radius 1 is 0.864 bits per heavy atom. The fraction of sp³-hybridized carbons (Fsp3) is 0.350. The highest BCUT2D eigenvalue weighted by Gasteiger charge is 2.09. The van der Waals surface area contributed by atoms with Gasteiger partial charge in [0.15, 0.2) is 0 Å². The maximum Gasteiger partial charge on any atom is 0.226 e. The van der Waals surface area contributed by atoms with E-state index < -0.39 is 0 Å². The summed E-state index contributed by atoms with van der Waals surface area (Å²) >= 11 is 5.47. The maximum absolute atomic E-state index is 11.0. The molecule has 0 saturated heterocycles. The zero-order valence-electron chi connectivity index (χ0n) is 14.5. The highest BCUT2D eigenvalue weighted by atomic mass is 35.5. The monoisotopic (exact) mass is 318 g/mol. The molecule has 0 heterocycles. The van der Waals surface area contributed by atoms with E-state index >= 15 is 0 Å². The van der Waals surface area contributed by atoms with Gasteiger partial charge >= 0.3 is 0 Å². The summed E-state index contributed by atoms with van der Waals surface area (Å²) in [6.07, 6.45) is 0.300. The summed E-state index contributed by atoms with van der Waals surface area (Å²) in [5.74, 6) is 0. The van der Waals surface area contributed by atoms with Crippen LogP contribution in [-0.2, 0) is 11.2 Å². The molecule has 0 amide bonds. The van der Waals surface area contributed by atoms with E-state index in [1.807, 2.05) is 59.7 Å². The van der Waals surface area contributed by atoms with E-state index in [4.69, 9.17) is 11.6 Å². The molecule has 0 aliphatic rings. The van der Waals surface area contributed by atoms with Crippen molar-refractivity contribution in [2.45, 2.75) is 48.0 Å². The van der Waals surface area contributed by atoms with Gasteiger partial charge in [-0.2, -0.15) is 0 Å². The Kier molecular flexibility index (Phi) is 10.2. The van der Waals surface area contributed by atoms with Gasteiger partial charge in [-0.3, -0.25) is 4.79 Å². The molecule has 2 heteroatoms. The molecule has 120 valence electrons. The molecule has 0 aromatic heterocycles. The first-order valence-corrected chi connectivity index (χ1v) is 8.29. The van der Waals surface area contributed by atoms with E-state index in [-0.39, 0.29) is 5.24 Å². The lowest BCUT2D eigenvalue weighted by atomic mass is 9.94. The third kappa shape index (κ3) is 6.03. The molecule has 0 bridgehead atoms. The minimum Gasteiger partial charge on any atom is -0.281 e. The van der Waals surface area contributed by atoms with Crippen LogP contribution in [0.4, 0.5) is 0 Å². The molecule has 0 radical (unpaired) electrons. The van der Waals surface area contributed by atoms with Crippen molar-refractivity contribution >= 4 is 16.8 Å². The van der Waals surface area contributed by atoms with Crippen LogP contribution in [0.25, 0.3) is 11.1 Å². The van der Waals surface area contributed by atoms with Gasteiger partial charge in [0.25, 0.3) is 0 Å². The molecule has 0 spiro atoms. The molecule has 0 aliphatic carbocycles. The Hall–Kier alpha value is -1.60. The van der Waals surface area contributed by atoms with Crippen LogP contribution in [-0.4, -0.2) is 5.24 Å². The number of hydrogen-bond donors (Lipinski definition) is 0. The number of carbonyl (C=O) groups excluding carboxylic acids is 1. The summed E-state index contributed by atoms with van der Waals surface area (Å²) in [4.78, 5) is 11.0. The fourth-order valence-corrected chi connectivity index (χ4v) is 2.34. The number of halogens is 1. The van der Waals surface area contributed by atoms with E-state index in [1.54, 1.807) is 0 Å². The van der Waals surface area contributed by atoms with Gasteiger partial charge < -0.3 is 0 Å². The Morgan fingerprint density at radius 2 is 1.32 bits per heavy atom. The van der Waals surface area contributed by atoms with Crippen molar-refractivity contribution in [3.8, 4) is 11.1 Å². The second-order valence-electron chi connectivity index (χ2n) is 4.49. The first-order valence-electron chi connectivity index (χ1n) is 7.92. The highest BCUT2D eigenvalue weighted by Crippen LogP contribution is 2.25. The number of hydrogen-bond acceptors (Lipinski definition) is 1. The summed E-state index contributed by atoms with van der Waals surface area (Å²) in [6.45, 7) is 12.0. The number of carbonyl (C=O) groups is 1. The molecule has 1 nitrogen and oxygen atoms in total. The molecule has 0 saturated carbocycles. The van der Waals surface area contributed by atoms with Crippen molar-refractivity contribution in [3.05, 3.63) is 59.2 Å². The molecule has 0 fully saturated rings. The smallest absolute Gasteiger partial charge is 0.226 e. The molecule has 2 rings (SSSR count). The summed E-state index contributed by atoms with van der Waals surface area (Å²) in [6, 6.07) is 14.4. The normalized spacial score (nSPS) is 9.05. The number of rotatable bonds is 3. The third-order valence-corrected chi connectivity index (χ3v) is 3.25. The molecule has 0 aliphatic heterocycles. The van der Waals surface area contributed by atoms with Gasteiger partial charge in [-0.15, -0.1) is 0 Å². The van der Waals surface area contributed by atoms with Crippen LogP contribution in [0.1, 0.15) is 44.4 Å². The Morgan fingerprint density at radius 3 is 1.73 bits per heavy atom. The lowest BCUT2D eigenvalue weighted by molar-refractivity contribution is -0.111. The molecule has 0 unspecified atom stereocenters. The van der Waals surface area contributed by atoms with Crippen molar-refractivity contribution in [1.82, 2.24) is 0 Å². The fourth-order valence-electron chi connectivity index (χ4n) is 2.21. The van der Waals surface area contributed by atoms with Crippen LogP contribution in [0.2, 0.25) is 0 Å². The van der Waals surface area contributed by atoms with Gasteiger partial charge in [-0.05, 0) is 53.3 Å². The highest BCUT2D eigenvalue weighted by molar-refractivity contribution is 6.63. The lowest BCUT2D eigenvalue weighted by Crippen LogP contribution is -2.00. The molecular formula is C20H27ClO. The molecular weight excluding hydrogens is 292 g/mol. The first-order chi connectivity index (χ1) is 10.6. The van der Waals surface area contributed by atoms with Crippen LogP contribution in [0.15, 0.2) is 42.5 Å². The van der Waals surface area contributed by atoms with E-state index in [9.17, 15) is 4.79 Å². The number of aryl methyl sites for hydroxylation is 2. The Balaban J connectivity index is 0.00000102. The topological polar surface area (TPSA) is 17.1 Å². The minimum absolute atomic E-state index is 0.300. The van der Waals surface area contributed by atoms with Crippen molar-refractivity contribution in [3.63, 3.8) is 0 Å². The molecule has 0 atom stereocenters. The second-order valence-corrected chi connectivity index (χ2v) is 4.91. The predicted molar refractivity (Wildman–Crippen MR) is 98.6 cm³/mol. The molecule has 0 N–H and O–H groups in total. The van der Waals surface area contributed by atoms with Crippen LogP contribution in [0, 0.1) is 13.8 Å². The van der Waals surface area contributed by atoms with Gasteiger partial charge in [-0.1, -0.05) is 70.2 Å². The molecule has 22 heavy (non-hydrogen) atoms. The largest absolute Gasteiger partial charge is 0.281 e. The van der Waals surface area contributed by atoms with E-state index in [2.05, 4.69) is 24.3 Å². The molecule has 2 aromatic rings. The zero-order chi connectivity index (χ0) is 17.1. The number of benzene rings is 2. The van der Waals surface area contributed by atoms with Crippen LogP contribution in [0.3, 0.4) is 0 Å². The van der Waals surface area contributed by atoms with Gasteiger partial charge in [0.05, 0.1) is 0 Å². The van der Waals surface area contributed by atoms with Gasteiger partial charge in [0.2, 0.25) is 5.24 Å². The first kappa shape index (κ1) is 20.4. The van der Waals surface area contributed by atoms with Crippen LogP contribution >= 0.6 is 11.6 Å². The van der Waals surface area contributed by atoms with Crippen LogP contribution < -0.4 is 0 Å². The van der Waals surface area contributed by atoms with Crippen molar-refractivity contribution in [2.75, 3.05) is 0 Å². The average molecular weight is 319 g/mol. The summed E-state index contributed by atoms with van der Waals surface area (Å²) in [5, 5.41) is -0.311. The van der Waals surface area contributed by atoms with E-state index in [0.29, 0.717) is 6.42 Å². The minimum atomic E-state index is -0.311. The third-order valence-electron chi connectivity index (χ3n) is 3.12. The van der Waals surface area contributed by atoms with Crippen molar-refractivity contribution < 1.29 is 4.79 Å². The van der Waals surface area contributed by atoms with Gasteiger partial charge in [-0.25, -0.2) is 0 Å². The quantitative estimate of drug-likeness (QED) is 0.604. The maximum atomic E-state index is 11.0. The zero-order valence-corrected chi connectivity index (χ0v) is 15.3. The SMILES string of the molecule is CC.CC.Cc1cc(-c2ccccc2)cc(C)c1CC(=O)Cl. The van der Waals surface area contributed by atoms with Crippen molar-refractivity contribution in [2.24, 2.45) is 0 Å². The van der Waals surface area contributed by atoms with E-state index in [0.717, 1.165) is 16.7 Å².